The van der Waals surface area contributed by atoms with E-state index in [1.165, 1.54) is 0 Å². The SMILES string of the molecule is CC1CN(CC2CCN(C(=O)Nc3cccc(Br)c3)CC2)CC(C)O1. The summed E-state index contributed by atoms with van der Waals surface area (Å²) in [5.74, 6) is 0.674. The van der Waals surface area contributed by atoms with Gasteiger partial charge >= 0.3 is 6.03 Å². The van der Waals surface area contributed by atoms with Crippen LogP contribution in [0.2, 0.25) is 0 Å². The van der Waals surface area contributed by atoms with Crippen LogP contribution in [-0.2, 0) is 4.74 Å². The van der Waals surface area contributed by atoms with Crippen LogP contribution in [0.3, 0.4) is 0 Å². The number of rotatable bonds is 3. The molecule has 2 atom stereocenters. The first-order valence-electron chi connectivity index (χ1n) is 9.19. The van der Waals surface area contributed by atoms with Crippen molar-refractivity contribution in [3.63, 3.8) is 0 Å². The number of hydrogen-bond donors (Lipinski definition) is 1. The first kappa shape index (κ1) is 18.7. The first-order valence-corrected chi connectivity index (χ1v) is 9.98. The highest BCUT2D eigenvalue weighted by molar-refractivity contribution is 9.10. The van der Waals surface area contributed by atoms with Crippen LogP contribution in [0.5, 0.6) is 0 Å². The van der Waals surface area contributed by atoms with Gasteiger partial charge in [0, 0.05) is 42.9 Å². The standard InChI is InChI=1S/C19H28BrN3O2/c1-14-11-22(12-15(2)25-14)13-16-6-8-23(9-7-16)19(24)21-18-5-3-4-17(20)10-18/h3-5,10,14-16H,6-9,11-13H2,1-2H3,(H,21,24). The molecule has 0 bridgehead atoms. The van der Waals surface area contributed by atoms with E-state index in [-0.39, 0.29) is 6.03 Å². The Morgan fingerprint density at radius 3 is 2.56 bits per heavy atom. The molecule has 0 spiro atoms. The van der Waals surface area contributed by atoms with Crippen molar-refractivity contribution in [3.8, 4) is 0 Å². The van der Waals surface area contributed by atoms with Gasteiger partial charge in [-0.15, -0.1) is 0 Å². The quantitative estimate of drug-likeness (QED) is 0.825. The van der Waals surface area contributed by atoms with Crippen molar-refractivity contribution >= 4 is 27.6 Å². The van der Waals surface area contributed by atoms with Crippen LogP contribution in [0.25, 0.3) is 0 Å². The lowest BCUT2D eigenvalue weighted by atomic mass is 9.96. The second kappa shape index (κ2) is 8.52. The highest BCUT2D eigenvalue weighted by Crippen LogP contribution is 2.22. The predicted molar refractivity (Wildman–Crippen MR) is 104 cm³/mol. The molecule has 1 aromatic rings. The summed E-state index contributed by atoms with van der Waals surface area (Å²) in [7, 11) is 0. The topological polar surface area (TPSA) is 44.8 Å². The third-order valence-corrected chi connectivity index (χ3v) is 5.48. The second-order valence-electron chi connectivity index (χ2n) is 7.35. The minimum absolute atomic E-state index is 0.00478. The number of halogens is 1. The third-order valence-electron chi connectivity index (χ3n) is 4.99. The van der Waals surface area contributed by atoms with E-state index in [2.05, 4.69) is 40.0 Å². The molecule has 2 unspecified atom stereocenters. The van der Waals surface area contributed by atoms with Crippen molar-refractivity contribution in [2.45, 2.75) is 38.9 Å². The fourth-order valence-electron chi connectivity index (χ4n) is 3.89. The lowest BCUT2D eigenvalue weighted by Gasteiger charge is -2.39. The molecule has 138 valence electrons. The zero-order chi connectivity index (χ0) is 17.8. The van der Waals surface area contributed by atoms with Gasteiger partial charge in [-0.2, -0.15) is 0 Å². The van der Waals surface area contributed by atoms with E-state index in [9.17, 15) is 4.79 Å². The number of urea groups is 1. The molecule has 2 aliphatic heterocycles. The molecule has 0 saturated carbocycles. The van der Waals surface area contributed by atoms with Crippen LogP contribution in [0.4, 0.5) is 10.5 Å². The normalized spacial score (nSPS) is 25.8. The van der Waals surface area contributed by atoms with Gasteiger partial charge in [0.1, 0.15) is 0 Å². The number of likely N-dealkylation sites (tertiary alicyclic amines) is 1. The summed E-state index contributed by atoms with van der Waals surface area (Å²) >= 11 is 3.43. The molecule has 1 N–H and O–H groups in total. The van der Waals surface area contributed by atoms with Gasteiger partial charge in [-0.25, -0.2) is 4.79 Å². The highest BCUT2D eigenvalue weighted by Gasteiger charge is 2.27. The number of anilines is 1. The molecular formula is C19H28BrN3O2. The Hall–Kier alpha value is -1.11. The van der Waals surface area contributed by atoms with Crippen molar-refractivity contribution in [1.82, 2.24) is 9.80 Å². The van der Waals surface area contributed by atoms with Gasteiger partial charge < -0.3 is 15.0 Å². The van der Waals surface area contributed by atoms with Crippen molar-refractivity contribution in [1.29, 1.82) is 0 Å². The van der Waals surface area contributed by atoms with E-state index in [4.69, 9.17) is 4.74 Å². The summed E-state index contributed by atoms with van der Waals surface area (Å²) in [5.41, 5.74) is 0.831. The molecule has 3 rings (SSSR count). The molecule has 2 saturated heterocycles. The molecule has 25 heavy (non-hydrogen) atoms. The average Bonchev–Trinajstić information content (AvgIpc) is 2.54. The number of nitrogens with one attached hydrogen (secondary N) is 1. The molecule has 5 nitrogen and oxygen atoms in total. The maximum atomic E-state index is 12.4. The van der Waals surface area contributed by atoms with Gasteiger partial charge in [-0.3, -0.25) is 4.90 Å². The molecule has 2 heterocycles. The van der Waals surface area contributed by atoms with Crippen molar-refractivity contribution < 1.29 is 9.53 Å². The molecular weight excluding hydrogens is 382 g/mol. The number of hydrogen-bond acceptors (Lipinski definition) is 3. The second-order valence-corrected chi connectivity index (χ2v) is 8.26. The lowest BCUT2D eigenvalue weighted by Crippen LogP contribution is -2.49. The van der Waals surface area contributed by atoms with Gasteiger partial charge in [0.2, 0.25) is 0 Å². The Labute approximate surface area is 158 Å². The van der Waals surface area contributed by atoms with E-state index >= 15 is 0 Å². The minimum Gasteiger partial charge on any atom is -0.373 e. The maximum absolute atomic E-state index is 12.4. The van der Waals surface area contributed by atoms with Crippen LogP contribution in [0.15, 0.2) is 28.7 Å². The monoisotopic (exact) mass is 409 g/mol. The Kier molecular flexibility index (Phi) is 6.36. The van der Waals surface area contributed by atoms with Gasteiger partial charge in [0.25, 0.3) is 0 Å². The van der Waals surface area contributed by atoms with Crippen LogP contribution in [-0.4, -0.2) is 60.8 Å². The number of nitrogens with zero attached hydrogens (tertiary/aromatic N) is 2. The van der Waals surface area contributed by atoms with Gasteiger partial charge in [-0.05, 0) is 50.8 Å². The fraction of sp³-hybridized carbons (Fsp3) is 0.632. The molecule has 0 aliphatic carbocycles. The Balaban J connectivity index is 1.44. The molecule has 2 aliphatic rings. The van der Waals surface area contributed by atoms with Crippen LogP contribution < -0.4 is 5.32 Å². The predicted octanol–water partition coefficient (Wildman–Crippen LogP) is 3.80. The van der Waals surface area contributed by atoms with Gasteiger partial charge in [-0.1, -0.05) is 22.0 Å². The maximum Gasteiger partial charge on any atom is 0.321 e. The van der Waals surface area contributed by atoms with Gasteiger partial charge in [0.15, 0.2) is 0 Å². The van der Waals surface area contributed by atoms with Crippen LogP contribution >= 0.6 is 15.9 Å². The van der Waals surface area contributed by atoms with Crippen LogP contribution in [0, 0.1) is 5.92 Å². The summed E-state index contributed by atoms with van der Waals surface area (Å²) in [5, 5.41) is 2.99. The van der Waals surface area contributed by atoms with Crippen molar-refractivity contribution in [3.05, 3.63) is 28.7 Å². The zero-order valence-electron chi connectivity index (χ0n) is 15.1. The molecule has 0 radical (unpaired) electrons. The molecule has 0 aromatic heterocycles. The highest BCUT2D eigenvalue weighted by atomic mass is 79.9. The number of amides is 2. The van der Waals surface area contributed by atoms with Crippen molar-refractivity contribution in [2.24, 2.45) is 5.92 Å². The summed E-state index contributed by atoms with van der Waals surface area (Å²) in [6.45, 7) is 9.13. The van der Waals surface area contributed by atoms with Gasteiger partial charge in [0.05, 0.1) is 12.2 Å². The number of carbonyl (C=O) groups excluding carboxylic acids is 1. The first-order chi connectivity index (χ1) is 12.0. The van der Waals surface area contributed by atoms with Crippen molar-refractivity contribution in [2.75, 3.05) is 38.0 Å². The summed E-state index contributed by atoms with van der Waals surface area (Å²) in [6.07, 6.45) is 2.79. The summed E-state index contributed by atoms with van der Waals surface area (Å²) in [6, 6.07) is 7.72. The van der Waals surface area contributed by atoms with E-state index in [1.807, 2.05) is 29.2 Å². The average molecular weight is 410 g/mol. The molecule has 6 heteroatoms. The van der Waals surface area contributed by atoms with E-state index in [0.717, 1.165) is 55.7 Å². The smallest absolute Gasteiger partial charge is 0.321 e. The largest absolute Gasteiger partial charge is 0.373 e. The number of carbonyl (C=O) groups is 1. The molecule has 1 aromatic carbocycles. The number of benzene rings is 1. The zero-order valence-corrected chi connectivity index (χ0v) is 16.7. The van der Waals surface area contributed by atoms with E-state index in [0.29, 0.717) is 18.1 Å². The number of morpholine rings is 1. The Morgan fingerprint density at radius 2 is 1.92 bits per heavy atom. The number of piperidine rings is 1. The van der Waals surface area contributed by atoms with E-state index in [1.54, 1.807) is 0 Å². The number of ether oxygens (including phenoxy) is 1. The summed E-state index contributed by atoms with van der Waals surface area (Å²) < 4.78 is 6.78. The lowest BCUT2D eigenvalue weighted by molar-refractivity contribution is -0.0728. The third kappa shape index (κ3) is 5.43. The summed E-state index contributed by atoms with van der Waals surface area (Å²) in [4.78, 5) is 16.9. The van der Waals surface area contributed by atoms with Crippen LogP contribution in [0.1, 0.15) is 26.7 Å². The Morgan fingerprint density at radius 1 is 1.24 bits per heavy atom. The molecule has 2 fully saturated rings. The minimum atomic E-state index is 0.00478. The fourth-order valence-corrected chi connectivity index (χ4v) is 4.29. The van der Waals surface area contributed by atoms with E-state index < -0.39 is 0 Å². The molecule has 2 amide bonds. The Bertz CT molecular complexity index is 580.